The standard InChI is InChI=1S/C20H24N4O6S.CH4/c21-31(28,29)30-11-13-9-15(19(26)18(13)25)23-14-5-7-22-16(10-14)20(27)24-8-6-12-3-1-2-4-17(12)24;/h1-5,7,10,13,15,18-19,25-26H,6,8-9,11H2,(H,22,23)(H2,21,28,29);1H4/t13-,15-,18-,19+;/m1./s1. The number of pyridine rings is 1. The van der Waals surface area contributed by atoms with Crippen LogP contribution in [-0.2, 0) is 20.9 Å². The largest absolute Gasteiger partial charge is 0.390 e. The van der Waals surface area contributed by atoms with Crippen molar-refractivity contribution in [2.75, 3.05) is 23.4 Å². The Morgan fingerprint density at radius 2 is 2.00 bits per heavy atom. The number of fused-ring (bicyclic) bond motifs is 1. The van der Waals surface area contributed by atoms with Gasteiger partial charge in [-0.15, -0.1) is 0 Å². The number of nitrogens with two attached hydrogens (primary N) is 1. The van der Waals surface area contributed by atoms with E-state index in [4.69, 9.17) is 5.14 Å². The summed E-state index contributed by atoms with van der Waals surface area (Å²) >= 11 is 0. The highest BCUT2D eigenvalue weighted by Gasteiger charge is 2.42. The monoisotopic (exact) mass is 464 g/mol. The summed E-state index contributed by atoms with van der Waals surface area (Å²) < 4.78 is 26.5. The van der Waals surface area contributed by atoms with E-state index in [9.17, 15) is 23.4 Å². The third kappa shape index (κ3) is 5.08. The zero-order chi connectivity index (χ0) is 22.2. The van der Waals surface area contributed by atoms with Gasteiger partial charge in [-0.05, 0) is 36.6 Å². The Balaban J connectivity index is 0.00000289. The molecule has 1 aliphatic heterocycles. The summed E-state index contributed by atoms with van der Waals surface area (Å²) in [5.41, 5.74) is 2.79. The molecular weight excluding hydrogens is 436 g/mol. The number of aliphatic hydroxyl groups is 2. The van der Waals surface area contributed by atoms with E-state index in [0.717, 1.165) is 17.7 Å². The Morgan fingerprint density at radius 3 is 2.75 bits per heavy atom. The van der Waals surface area contributed by atoms with Gasteiger partial charge in [-0.2, -0.15) is 8.42 Å². The molecule has 4 atom stereocenters. The van der Waals surface area contributed by atoms with Crippen molar-refractivity contribution in [1.82, 2.24) is 4.98 Å². The van der Waals surface area contributed by atoms with E-state index >= 15 is 0 Å². The molecule has 11 heteroatoms. The number of carbonyl (C=O) groups is 1. The Bertz CT molecular complexity index is 1080. The van der Waals surface area contributed by atoms with Crippen LogP contribution in [0.1, 0.15) is 29.9 Å². The summed E-state index contributed by atoms with van der Waals surface area (Å²) in [6.07, 6.45) is 0.212. The third-order valence-corrected chi connectivity index (χ3v) is 6.18. The van der Waals surface area contributed by atoms with Crippen LogP contribution in [0, 0.1) is 5.92 Å². The van der Waals surface area contributed by atoms with Crippen molar-refractivity contribution >= 4 is 27.6 Å². The molecule has 1 saturated carbocycles. The fourth-order valence-corrected chi connectivity index (χ4v) is 4.52. The fourth-order valence-electron chi connectivity index (χ4n) is 4.15. The molecule has 1 aromatic carbocycles. The zero-order valence-electron chi connectivity index (χ0n) is 16.6. The molecule has 5 N–H and O–H groups in total. The smallest absolute Gasteiger partial charge is 0.333 e. The van der Waals surface area contributed by atoms with Gasteiger partial charge in [0, 0.05) is 30.0 Å². The van der Waals surface area contributed by atoms with Crippen LogP contribution in [-0.4, -0.2) is 60.9 Å². The number of para-hydroxylation sites is 1. The molecule has 0 spiro atoms. The van der Waals surface area contributed by atoms with Crippen molar-refractivity contribution in [2.24, 2.45) is 11.1 Å². The van der Waals surface area contributed by atoms with Gasteiger partial charge in [0.25, 0.3) is 5.91 Å². The molecule has 2 heterocycles. The molecule has 1 aliphatic carbocycles. The lowest BCUT2D eigenvalue weighted by molar-refractivity contribution is 0.00781. The molecule has 0 bridgehead atoms. The predicted molar refractivity (Wildman–Crippen MR) is 119 cm³/mol. The lowest BCUT2D eigenvalue weighted by Crippen LogP contribution is -2.36. The maximum absolute atomic E-state index is 13.0. The Kier molecular flexibility index (Phi) is 7.16. The van der Waals surface area contributed by atoms with E-state index < -0.39 is 34.5 Å². The SMILES string of the molecule is C.NS(=O)(=O)OC[C@H]1C[C@@H](Nc2ccnc(C(=O)N3CCc4ccccc43)c2)[C@H](O)[C@@H]1O. The maximum Gasteiger partial charge on any atom is 0.333 e. The minimum atomic E-state index is -4.14. The number of hydrogen-bond acceptors (Lipinski definition) is 8. The number of aliphatic hydroxyl groups excluding tert-OH is 2. The van der Waals surface area contributed by atoms with Gasteiger partial charge in [-0.25, -0.2) is 5.14 Å². The van der Waals surface area contributed by atoms with E-state index in [1.54, 1.807) is 17.0 Å². The lowest BCUT2D eigenvalue weighted by Gasteiger charge is -2.20. The number of rotatable bonds is 6. The molecule has 2 aliphatic rings. The van der Waals surface area contributed by atoms with Crippen molar-refractivity contribution in [1.29, 1.82) is 0 Å². The number of nitrogens with zero attached hydrogens (tertiary/aromatic N) is 2. The number of hydrogen-bond donors (Lipinski definition) is 4. The molecule has 2 aromatic rings. The second-order valence-electron chi connectivity index (χ2n) is 7.77. The highest BCUT2D eigenvalue weighted by molar-refractivity contribution is 7.84. The van der Waals surface area contributed by atoms with Crippen LogP contribution in [0.2, 0.25) is 0 Å². The first kappa shape index (κ1) is 24.1. The molecule has 0 unspecified atom stereocenters. The number of amides is 1. The summed E-state index contributed by atoms with van der Waals surface area (Å²) in [5, 5.41) is 28.5. The summed E-state index contributed by atoms with van der Waals surface area (Å²) in [5.74, 6) is -0.838. The Labute approximate surface area is 187 Å². The Hall–Kier alpha value is -2.57. The summed E-state index contributed by atoms with van der Waals surface area (Å²) in [4.78, 5) is 18.9. The van der Waals surface area contributed by atoms with Crippen molar-refractivity contribution < 1.29 is 27.6 Å². The van der Waals surface area contributed by atoms with E-state index in [-0.39, 0.29) is 32.1 Å². The van der Waals surface area contributed by atoms with Crippen molar-refractivity contribution in [3.63, 3.8) is 0 Å². The first-order valence-corrected chi connectivity index (χ1v) is 11.4. The molecule has 10 nitrogen and oxygen atoms in total. The number of benzene rings is 1. The van der Waals surface area contributed by atoms with Crippen LogP contribution < -0.4 is 15.4 Å². The highest BCUT2D eigenvalue weighted by atomic mass is 32.2. The second-order valence-corrected chi connectivity index (χ2v) is 8.99. The maximum atomic E-state index is 13.0. The van der Waals surface area contributed by atoms with Gasteiger partial charge in [0.2, 0.25) is 0 Å². The molecule has 4 rings (SSSR count). The number of nitrogens with one attached hydrogen (secondary N) is 1. The molecule has 0 saturated heterocycles. The van der Waals surface area contributed by atoms with Crippen LogP contribution in [0.4, 0.5) is 11.4 Å². The van der Waals surface area contributed by atoms with Gasteiger partial charge in [0.05, 0.1) is 18.8 Å². The minimum absolute atomic E-state index is 0. The van der Waals surface area contributed by atoms with E-state index in [1.165, 1.54) is 6.20 Å². The highest BCUT2D eigenvalue weighted by Crippen LogP contribution is 2.31. The first-order valence-electron chi connectivity index (χ1n) is 9.88. The van der Waals surface area contributed by atoms with Crippen LogP contribution in [0.15, 0.2) is 42.6 Å². The fraction of sp³-hybridized carbons (Fsp3) is 0.429. The lowest BCUT2D eigenvalue weighted by atomic mass is 10.1. The number of anilines is 2. The van der Waals surface area contributed by atoms with Crippen LogP contribution in [0.5, 0.6) is 0 Å². The van der Waals surface area contributed by atoms with Crippen molar-refractivity contribution in [3.05, 3.63) is 53.9 Å². The van der Waals surface area contributed by atoms with Crippen LogP contribution in [0.3, 0.4) is 0 Å². The van der Waals surface area contributed by atoms with Crippen molar-refractivity contribution in [3.8, 4) is 0 Å². The number of carbonyl (C=O) groups excluding carboxylic acids is 1. The normalized spacial score (nSPS) is 24.7. The molecule has 1 amide bonds. The summed E-state index contributed by atoms with van der Waals surface area (Å²) in [6.45, 7) is 0.250. The quantitative estimate of drug-likeness (QED) is 0.486. The summed E-state index contributed by atoms with van der Waals surface area (Å²) in [7, 11) is -4.14. The molecule has 174 valence electrons. The van der Waals surface area contributed by atoms with Gasteiger partial charge in [-0.3, -0.25) is 14.0 Å². The van der Waals surface area contributed by atoms with Crippen molar-refractivity contribution in [2.45, 2.75) is 38.5 Å². The van der Waals surface area contributed by atoms with Gasteiger partial charge in [-0.1, -0.05) is 25.6 Å². The molecule has 0 radical (unpaired) electrons. The van der Waals surface area contributed by atoms with Crippen LogP contribution >= 0.6 is 0 Å². The molecule has 1 fully saturated rings. The molecular formula is C21H28N4O6S. The molecule has 32 heavy (non-hydrogen) atoms. The molecule has 1 aromatic heterocycles. The zero-order valence-corrected chi connectivity index (χ0v) is 17.4. The minimum Gasteiger partial charge on any atom is -0.390 e. The van der Waals surface area contributed by atoms with E-state index in [0.29, 0.717) is 12.2 Å². The predicted octanol–water partition coefficient (Wildman–Crippen LogP) is 0.663. The van der Waals surface area contributed by atoms with Gasteiger partial charge in [0.1, 0.15) is 11.8 Å². The van der Waals surface area contributed by atoms with Gasteiger partial charge in [0.15, 0.2) is 0 Å². The van der Waals surface area contributed by atoms with Crippen LogP contribution in [0.25, 0.3) is 0 Å². The van der Waals surface area contributed by atoms with E-state index in [2.05, 4.69) is 14.5 Å². The first-order chi connectivity index (χ1) is 14.7. The Morgan fingerprint density at radius 1 is 1.25 bits per heavy atom. The second kappa shape index (κ2) is 9.51. The van der Waals surface area contributed by atoms with E-state index in [1.807, 2.05) is 24.3 Å². The van der Waals surface area contributed by atoms with Gasteiger partial charge < -0.3 is 20.4 Å². The number of aromatic nitrogens is 1. The summed E-state index contributed by atoms with van der Waals surface area (Å²) in [6, 6.07) is 10.4. The average Bonchev–Trinajstić information content (AvgIpc) is 3.28. The van der Waals surface area contributed by atoms with Gasteiger partial charge >= 0.3 is 10.3 Å². The topological polar surface area (TPSA) is 155 Å². The third-order valence-electron chi connectivity index (χ3n) is 5.71. The average molecular weight is 465 g/mol.